The highest BCUT2D eigenvalue weighted by Crippen LogP contribution is 2.22. The van der Waals surface area contributed by atoms with E-state index in [2.05, 4.69) is 22.4 Å². The van der Waals surface area contributed by atoms with E-state index in [9.17, 15) is 4.79 Å². The number of pyridine rings is 1. The van der Waals surface area contributed by atoms with Gasteiger partial charge in [-0.3, -0.25) is 4.79 Å². The second kappa shape index (κ2) is 9.38. The fraction of sp³-hybridized carbons (Fsp3) is 0.217. The van der Waals surface area contributed by atoms with Crippen LogP contribution in [0.25, 0.3) is 0 Å². The summed E-state index contributed by atoms with van der Waals surface area (Å²) in [6, 6.07) is 21.7. The van der Waals surface area contributed by atoms with Crippen LogP contribution >= 0.6 is 11.6 Å². The van der Waals surface area contributed by atoms with Crippen molar-refractivity contribution in [2.24, 2.45) is 0 Å². The molecule has 0 unspecified atom stereocenters. The number of benzene rings is 2. The first-order valence-electron chi connectivity index (χ1n) is 9.31. The number of likely N-dealkylation sites (N-methyl/N-ethyl adjacent to an activating group) is 1. The first-order chi connectivity index (χ1) is 13.5. The van der Waals surface area contributed by atoms with E-state index in [-0.39, 0.29) is 11.9 Å². The summed E-state index contributed by atoms with van der Waals surface area (Å²) >= 11 is 6.13. The monoisotopic (exact) mass is 393 g/mol. The van der Waals surface area contributed by atoms with Gasteiger partial charge in [-0.2, -0.15) is 0 Å². The molecule has 3 rings (SSSR count). The van der Waals surface area contributed by atoms with E-state index in [1.165, 1.54) is 5.56 Å². The number of nitrogens with one attached hydrogen (secondary N) is 1. The lowest BCUT2D eigenvalue weighted by atomic mass is 10.1. The van der Waals surface area contributed by atoms with Gasteiger partial charge < -0.3 is 10.2 Å². The van der Waals surface area contributed by atoms with Crippen molar-refractivity contribution < 1.29 is 4.79 Å². The van der Waals surface area contributed by atoms with Gasteiger partial charge >= 0.3 is 0 Å². The Hall–Kier alpha value is -2.85. The van der Waals surface area contributed by atoms with Crippen molar-refractivity contribution in [2.45, 2.75) is 19.4 Å². The van der Waals surface area contributed by atoms with E-state index in [1.807, 2.05) is 67.4 Å². The first-order valence-corrected chi connectivity index (χ1v) is 9.69. The van der Waals surface area contributed by atoms with Crippen LogP contribution in [0.4, 0.5) is 5.82 Å². The van der Waals surface area contributed by atoms with E-state index in [4.69, 9.17) is 11.6 Å². The Labute approximate surface area is 171 Å². The molecule has 144 valence electrons. The number of rotatable bonds is 7. The van der Waals surface area contributed by atoms with Crippen LogP contribution in [0.2, 0.25) is 5.02 Å². The normalized spacial score (nSPS) is 11.7. The zero-order chi connectivity index (χ0) is 19.9. The third-order valence-corrected chi connectivity index (χ3v) is 4.87. The van der Waals surface area contributed by atoms with Gasteiger partial charge in [0.1, 0.15) is 5.82 Å². The number of carbonyl (C=O) groups excluding carboxylic acids is 1. The number of anilines is 1. The molecule has 0 saturated carbocycles. The minimum atomic E-state index is -0.187. The minimum absolute atomic E-state index is 0.116. The third-order valence-electron chi connectivity index (χ3n) is 4.67. The van der Waals surface area contributed by atoms with Crippen molar-refractivity contribution in [3.63, 3.8) is 0 Å². The third kappa shape index (κ3) is 5.11. The zero-order valence-corrected chi connectivity index (χ0v) is 16.9. The summed E-state index contributed by atoms with van der Waals surface area (Å²) < 4.78 is 0. The second-order valence-electron chi connectivity index (χ2n) is 6.79. The van der Waals surface area contributed by atoms with E-state index < -0.39 is 0 Å². The molecule has 1 atom stereocenters. The fourth-order valence-corrected chi connectivity index (χ4v) is 3.21. The van der Waals surface area contributed by atoms with Crippen molar-refractivity contribution in [1.82, 2.24) is 10.3 Å². The summed E-state index contributed by atoms with van der Waals surface area (Å²) in [5.41, 5.74) is 2.77. The lowest BCUT2D eigenvalue weighted by Gasteiger charge is -2.22. The van der Waals surface area contributed by atoms with Crippen LogP contribution in [0.5, 0.6) is 0 Å². The standard InChI is InChI=1S/C23H24ClN3O/c1-17(19-11-7-4-8-12-19)26-23(28)21-15-20(24)16-25-22(21)27(2)14-13-18-9-5-3-6-10-18/h3-12,15-17H,13-14H2,1-2H3,(H,26,28)/t17-/m0/s1. The highest BCUT2D eigenvalue weighted by molar-refractivity contribution is 6.31. The van der Waals surface area contributed by atoms with Gasteiger partial charge in [-0.05, 0) is 30.5 Å². The number of nitrogens with zero attached hydrogens (tertiary/aromatic N) is 2. The summed E-state index contributed by atoms with van der Waals surface area (Å²) in [5.74, 6) is 0.436. The van der Waals surface area contributed by atoms with Crippen LogP contribution in [-0.2, 0) is 6.42 Å². The van der Waals surface area contributed by atoms with Crippen molar-refractivity contribution in [3.8, 4) is 0 Å². The van der Waals surface area contributed by atoms with Crippen LogP contribution < -0.4 is 10.2 Å². The molecule has 1 aromatic heterocycles. The van der Waals surface area contributed by atoms with Crippen LogP contribution in [0.15, 0.2) is 72.9 Å². The van der Waals surface area contributed by atoms with Crippen LogP contribution in [0, 0.1) is 0 Å². The maximum absolute atomic E-state index is 12.9. The molecule has 0 radical (unpaired) electrons. The maximum atomic E-state index is 12.9. The minimum Gasteiger partial charge on any atom is -0.359 e. The molecule has 28 heavy (non-hydrogen) atoms. The molecule has 1 amide bonds. The molecule has 0 aliphatic rings. The molecule has 0 aliphatic carbocycles. The van der Waals surface area contributed by atoms with Crippen LogP contribution in [0.3, 0.4) is 0 Å². The molecule has 1 heterocycles. The van der Waals surface area contributed by atoms with E-state index in [0.717, 1.165) is 18.5 Å². The van der Waals surface area contributed by atoms with Crippen molar-refractivity contribution >= 4 is 23.3 Å². The molecule has 1 N–H and O–H groups in total. The predicted molar refractivity (Wildman–Crippen MR) is 115 cm³/mol. The zero-order valence-electron chi connectivity index (χ0n) is 16.1. The molecular formula is C23H24ClN3O. The smallest absolute Gasteiger partial charge is 0.255 e. The lowest BCUT2D eigenvalue weighted by molar-refractivity contribution is 0.0940. The Morgan fingerprint density at radius 2 is 1.75 bits per heavy atom. The average molecular weight is 394 g/mol. The Morgan fingerprint density at radius 3 is 2.43 bits per heavy atom. The molecular weight excluding hydrogens is 370 g/mol. The number of hydrogen-bond donors (Lipinski definition) is 1. The Morgan fingerprint density at radius 1 is 1.11 bits per heavy atom. The number of halogens is 1. The lowest BCUT2D eigenvalue weighted by Crippen LogP contribution is -2.30. The predicted octanol–water partition coefficient (Wildman–Crippen LogP) is 4.90. The summed E-state index contributed by atoms with van der Waals surface area (Å²) in [6.07, 6.45) is 2.44. The van der Waals surface area contributed by atoms with Crippen LogP contribution in [0.1, 0.15) is 34.5 Å². The Bertz CT molecular complexity index is 916. The Kier molecular flexibility index (Phi) is 6.66. The van der Waals surface area contributed by atoms with Gasteiger partial charge in [0.15, 0.2) is 0 Å². The first kappa shape index (κ1) is 19.9. The number of hydrogen-bond acceptors (Lipinski definition) is 3. The molecule has 0 spiro atoms. The molecule has 2 aromatic carbocycles. The quantitative estimate of drug-likeness (QED) is 0.620. The van der Waals surface area contributed by atoms with E-state index >= 15 is 0 Å². The molecule has 4 nitrogen and oxygen atoms in total. The van der Waals surface area contributed by atoms with Crippen LogP contribution in [-0.4, -0.2) is 24.5 Å². The van der Waals surface area contributed by atoms with Gasteiger partial charge in [-0.25, -0.2) is 4.98 Å². The SMILES string of the molecule is C[C@H](NC(=O)c1cc(Cl)cnc1N(C)CCc1ccccc1)c1ccccc1. The average Bonchev–Trinajstić information content (AvgIpc) is 2.73. The summed E-state index contributed by atoms with van der Waals surface area (Å²) in [6.45, 7) is 2.71. The molecule has 0 fully saturated rings. The summed E-state index contributed by atoms with van der Waals surface area (Å²) in [5, 5.41) is 3.49. The van der Waals surface area contributed by atoms with Gasteiger partial charge in [-0.15, -0.1) is 0 Å². The number of aromatic nitrogens is 1. The molecule has 0 aliphatic heterocycles. The second-order valence-corrected chi connectivity index (χ2v) is 7.22. The van der Waals surface area contributed by atoms with Crippen molar-refractivity contribution in [2.75, 3.05) is 18.5 Å². The highest BCUT2D eigenvalue weighted by atomic mass is 35.5. The summed E-state index contributed by atoms with van der Waals surface area (Å²) in [7, 11) is 1.94. The van der Waals surface area contributed by atoms with Crippen molar-refractivity contribution in [1.29, 1.82) is 0 Å². The molecule has 3 aromatic rings. The van der Waals surface area contributed by atoms with Crippen molar-refractivity contribution in [3.05, 3.63) is 94.6 Å². The largest absolute Gasteiger partial charge is 0.359 e. The van der Waals surface area contributed by atoms with Gasteiger partial charge in [-0.1, -0.05) is 72.3 Å². The maximum Gasteiger partial charge on any atom is 0.255 e. The van der Waals surface area contributed by atoms with Gasteiger partial charge in [0.2, 0.25) is 0 Å². The number of carbonyl (C=O) groups is 1. The van der Waals surface area contributed by atoms with Gasteiger partial charge in [0.25, 0.3) is 5.91 Å². The molecule has 0 saturated heterocycles. The van der Waals surface area contributed by atoms with E-state index in [0.29, 0.717) is 16.4 Å². The van der Waals surface area contributed by atoms with E-state index in [1.54, 1.807) is 12.3 Å². The van der Waals surface area contributed by atoms with Gasteiger partial charge in [0.05, 0.1) is 16.6 Å². The Balaban J connectivity index is 1.75. The summed E-state index contributed by atoms with van der Waals surface area (Å²) in [4.78, 5) is 19.4. The molecule has 5 heteroatoms. The molecule has 0 bridgehead atoms. The number of amides is 1. The topological polar surface area (TPSA) is 45.2 Å². The van der Waals surface area contributed by atoms with Gasteiger partial charge in [0, 0.05) is 19.8 Å². The fourth-order valence-electron chi connectivity index (χ4n) is 3.05. The highest BCUT2D eigenvalue weighted by Gasteiger charge is 2.19.